The first-order chi connectivity index (χ1) is 17.2. The van der Waals surface area contributed by atoms with E-state index in [9.17, 15) is 19.6 Å². The van der Waals surface area contributed by atoms with E-state index in [1.54, 1.807) is 26.8 Å². The number of ether oxygens (including phenoxy) is 2. The number of carbonyl (C=O) groups is 3. The fourth-order valence-corrected chi connectivity index (χ4v) is 5.22. The number of Topliss-reactive ketones (excluding diaryl/α,β-unsaturated/α-hetero) is 1. The summed E-state index contributed by atoms with van der Waals surface area (Å²) in [5, 5.41) is 9.79. The molecule has 0 radical (unpaired) electrons. The number of rotatable bonds is 9. The van der Waals surface area contributed by atoms with E-state index < -0.39 is 17.7 Å². The number of aromatic nitrogens is 1. The van der Waals surface area contributed by atoms with Crippen LogP contribution in [-0.4, -0.2) is 35.5 Å². The minimum absolute atomic E-state index is 0.0399. The van der Waals surface area contributed by atoms with Gasteiger partial charge in [-0.15, -0.1) is 11.3 Å². The van der Waals surface area contributed by atoms with Gasteiger partial charge in [0.05, 0.1) is 24.4 Å². The van der Waals surface area contributed by atoms with Gasteiger partial charge in [0.25, 0.3) is 0 Å². The molecule has 0 amide bonds. The number of nitriles is 1. The molecular weight excluding hydrogens is 476 g/mol. The van der Waals surface area contributed by atoms with Gasteiger partial charge in [-0.3, -0.25) is 4.79 Å². The monoisotopic (exact) mass is 504 g/mol. The predicted molar refractivity (Wildman–Crippen MR) is 139 cm³/mol. The fourth-order valence-electron chi connectivity index (χ4n) is 4.04. The zero-order chi connectivity index (χ0) is 26.4. The molecule has 8 heteroatoms. The molecule has 186 valence electrons. The van der Waals surface area contributed by atoms with Crippen LogP contribution >= 0.6 is 11.3 Å². The molecule has 0 spiro atoms. The van der Waals surface area contributed by atoms with Crippen molar-refractivity contribution in [2.45, 2.75) is 41.0 Å². The zero-order valence-corrected chi connectivity index (χ0v) is 21.8. The highest BCUT2D eigenvalue weighted by molar-refractivity contribution is 7.14. The number of carbonyl (C=O) groups excluding carboxylic acids is 3. The number of nitrogens with zero attached hydrogens (tertiary/aromatic N) is 2. The largest absolute Gasteiger partial charge is 0.462 e. The van der Waals surface area contributed by atoms with Crippen LogP contribution in [0.2, 0.25) is 0 Å². The average Bonchev–Trinajstić information content (AvgIpc) is 3.32. The van der Waals surface area contributed by atoms with Crippen molar-refractivity contribution < 1.29 is 23.9 Å². The minimum atomic E-state index is -0.613. The second-order valence-corrected chi connectivity index (χ2v) is 9.17. The van der Waals surface area contributed by atoms with Crippen molar-refractivity contribution in [3.63, 3.8) is 0 Å². The highest BCUT2D eigenvalue weighted by Crippen LogP contribution is 2.31. The molecule has 0 aliphatic heterocycles. The predicted octanol–water partition coefficient (Wildman–Crippen LogP) is 5.54. The summed E-state index contributed by atoms with van der Waals surface area (Å²) in [6.07, 6.45) is 1.36. The molecule has 3 rings (SSSR count). The first kappa shape index (κ1) is 26.6. The number of thiophene rings is 1. The summed E-state index contributed by atoms with van der Waals surface area (Å²) in [5.74, 6) is -1.63. The van der Waals surface area contributed by atoms with E-state index in [1.807, 2.05) is 56.3 Å². The summed E-state index contributed by atoms with van der Waals surface area (Å²) in [6, 6.07) is 13.7. The third-order valence-electron chi connectivity index (χ3n) is 5.69. The number of allylic oxidation sites excluding steroid dienone is 1. The normalized spacial score (nSPS) is 11.2. The summed E-state index contributed by atoms with van der Waals surface area (Å²) >= 11 is 1.02. The van der Waals surface area contributed by atoms with Crippen molar-refractivity contribution in [2.24, 2.45) is 0 Å². The van der Waals surface area contributed by atoms with Gasteiger partial charge in [-0.2, -0.15) is 5.26 Å². The van der Waals surface area contributed by atoms with Crippen LogP contribution in [0.25, 0.3) is 11.8 Å². The number of para-hydroxylation sites is 1. The standard InChI is InChI=1S/C28H28N2O5S/c1-6-34-27(32)25-18(4)26(28(33)35-7-2)36-24(25)15-23(31)21(16-29)14-20-13-17(3)30(19(20)5)22-11-9-8-10-12-22/h8-14H,6-7,15H2,1-5H3/b21-14+. The molecule has 0 N–H and O–H groups in total. The van der Waals surface area contributed by atoms with Crippen LogP contribution in [0.4, 0.5) is 0 Å². The van der Waals surface area contributed by atoms with Crippen molar-refractivity contribution in [1.29, 1.82) is 5.26 Å². The molecule has 0 saturated carbocycles. The van der Waals surface area contributed by atoms with Gasteiger partial charge in [0.2, 0.25) is 0 Å². The Kier molecular flexibility index (Phi) is 8.62. The van der Waals surface area contributed by atoms with Crippen LogP contribution in [0.3, 0.4) is 0 Å². The average molecular weight is 505 g/mol. The van der Waals surface area contributed by atoms with E-state index in [-0.39, 0.29) is 35.6 Å². The lowest BCUT2D eigenvalue weighted by Gasteiger charge is -2.09. The number of benzene rings is 1. The van der Waals surface area contributed by atoms with Crippen molar-refractivity contribution in [1.82, 2.24) is 4.57 Å². The topological polar surface area (TPSA) is 98.4 Å². The summed E-state index contributed by atoms with van der Waals surface area (Å²) in [6.45, 7) is 9.22. The molecule has 0 saturated heterocycles. The molecule has 36 heavy (non-hydrogen) atoms. The number of aryl methyl sites for hydroxylation is 1. The first-order valence-corrected chi connectivity index (χ1v) is 12.4. The smallest absolute Gasteiger partial charge is 0.348 e. The van der Waals surface area contributed by atoms with Crippen molar-refractivity contribution in [3.8, 4) is 11.8 Å². The van der Waals surface area contributed by atoms with Crippen LogP contribution in [0.5, 0.6) is 0 Å². The van der Waals surface area contributed by atoms with Crippen LogP contribution in [0.1, 0.15) is 61.3 Å². The summed E-state index contributed by atoms with van der Waals surface area (Å²) in [4.78, 5) is 38.9. The molecule has 0 aliphatic carbocycles. The quantitative estimate of drug-likeness (QED) is 0.216. The van der Waals surface area contributed by atoms with Gasteiger partial charge in [0.1, 0.15) is 10.9 Å². The molecule has 0 aliphatic rings. The van der Waals surface area contributed by atoms with Gasteiger partial charge in [-0.1, -0.05) is 18.2 Å². The lowest BCUT2D eigenvalue weighted by Crippen LogP contribution is -2.12. The van der Waals surface area contributed by atoms with Gasteiger partial charge in [0, 0.05) is 28.4 Å². The molecule has 1 aromatic carbocycles. The second-order valence-electron chi connectivity index (χ2n) is 8.06. The van der Waals surface area contributed by atoms with Crippen molar-refractivity contribution >= 4 is 35.1 Å². The Bertz CT molecular complexity index is 1370. The lowest BCUT2D eigenvalue weighted by atomic mass is 10.0. The zero-order valence-electron chi connectivity index (χ0n) is 21.0. The molecule has 0 fully saturated rings. The van der Waals surface area contributed by atoms with Gasteiger partial charge < -0.3 is 14.0 Å². The highest BCUT2D eigenvalue weighted by atomic mass is 32.1. The number of esters is 2. The van der Waals surface area contributed by atoms with Crippen LogP contribution < -0.4 is 0 Å². The lowest BCUT2D eigenvalue weighted by molar-refractivity contribution is -0.114. The minimum Gasteiger partial charge on any atom is -0.462 e. The SMILES string of the molecule is CCOC(=O)c1sc(CC(=O)/C(C#N)=C/c2cc(C)n(-c3ccccc3)c2C)c(C(=O)OCC)c1C. The van der Waals surface area contributed by atoms with Gasteiger partial charge in [-0.25, -0.2) is 9.59 Å². The number of hydrogen-bond donors (Lipinski definition) is 0. The van der Waals surface area contributed by atoms with Crippen LogP contribution in [-0.2, 0) is 20.7 Å². The Labute approximate surface area is 214 Å². The van der Waals surface area contributed by atoms with Gasteiger partial charge >= 0.3 is 11.9 Å². The van der Waals surface area contributed by atoms with E-state index in [4.69, 9.17) is 9.47 Å². The summed E-state index contributed by atoms with van der Waals surface area (Å²) in [5.41, 5.74) is 4.14. The van der Waals surface area contributed by atoms with E-state index >= 15 is 0 Å². The van der Waals surface area contributed by atoms with Gasteiger partial charge in [-0.05, 0) is 70.0 Å². The molecule has 2 aromatic heterocycles. The van der Waals surface area contributed by atoms with Crippen LogP contribution in [0, 0.1) is 32.1 Å². The summed E-state index contributed by atoms with van der Waals surface area (Å²) < 4.78 is 12.3. The second kappa shape index (κ2) is 11.6. The third kappa shape index (κ3) is 5.47. The molecule has 3 aromatic rings. The van der Waals surface area contributed by atoms with Crippen LogP contribution in [0.15, 0.2) is 42.0 Å². The Morgan fingerprint density at radius 1 is 1.03 bits per heavy atom. The van der Waals surface area contributed by atoms with Crippen molar-refractivity contribution in [2.75, 3.05) is 13.2 Å². The Balaban J connectivity index is 1.98. The maximum atomic E-state index is 13.2. The van der Waals surface area contributed by atoms with Crippen molar-refractivity contribution in [3.05, 3.63) is 79.8 Å². The van der Waals surface area contributed by atoms with Gasteiger partial charge in [0.15, 0.2) is 5.78 Å². The molecule has 0 bridgehead atoms. The number of hydrogen-bond acceptors (Lipinski definition) is 7. The maximum Gasteiger partial charge on any atom is 0.348 e. The van der Waals surface area contributed by atoms with E-state index in [0.29, 0.717) is 10.4 Å². The molecule has 7 nitrogen and oxygen atoms in total. The highest BCUT2D eigenvalue weighted by Gasteiger charge is 2.28. The third-order valence-corrected chi connectivity index (χ3v) is 6.96. The molecule has 2 heterocycles. The Morgan fingerprint density at radius 2 is 1.67 bits per heavy atom. The molecule has 0 unspecified atom stereocenters. The van der Waals surface area contributed by atoms with E-state index in [1.165, 1.54) is 0 Å². The van der Waals surface area contributed by atoms with E-state index in [0.717, 1.165) is 34.0 Å². The first-order valence-electron chi connectivity index (χ1n) is 11.6. The number of ketones is 1. The molecule has 0 atom stereocenters. The molecular formula is C28H28N2O5S. The van der Waals surface area contributed by atoms with E-state index in [2.05, 4.69) is 4.57 Å². The fraction of sp³-hybridized carbons (Fsp3) is 0.286. The maximum absolute atomic E-state index is 13.2. The summed E-state index contributed by atoms with van der Waals surface area (Å²) in [7, 11) is 0. The Hall–Kier alpha value is -3.96. The Morgan fingerprint density at radius 3 is 2.28 bits per heavy atom.